The number of furan rings is 2. The predicted octanol–water partition coefficient (Wildman–Crippen LogP) is 6.34. The molecule has 4 rings (SSSR count). The highest BCUT2D eigenvalue weighted by molar-refractivity contribution is 5.87. The van der Waals surface area contributed by atoms with E-state index in [1.54, 1.807) is 13.0 Å². The van der Waals surface area contributed by atoms with E-state index in [4.69, 9.17) is 8.83 Å². The van der Waals surface area contributed by atoms with Crippen LogP contribution in [0.5, 0.6) is 5.75 Å². The fourth-order valence-corrected chi connectivity index (χ4v) is 3.61. The van der Waals surface area contributed by atoms with Crippen molar-refractivity contribution >= 4 is 17.6 Å². The van der Waals surface area contributed by atoms with Gasteiger partial charge in [-0.2, -0.15) is 0 Å². The van der Waals surface area contributed by atoms with Crippen LogP contribution in [-0.4, -0.2) is 16.2 Å². The Labute approximate surface area is 184 Å². The minimum Gasteiger partial charge on any atom is -0.502 e. The number of rotatable bonds is 6. The van der Waals surface area contributed by atoms with Crippen molar-refractivity contribution in [2.75, 3.05) is 0 Å². The lowest BCUT2D eigenvalue weighted by atomic mass is 9.94. The van der Waals surface area contributed by atoms with Crippen LogP contribution >= 0.6 is 0 Å². The second kappa shape index (κ2) is 8.55. The number of aryl methyl sites for hydroxylation is 3. The van der Waals surface area contributed by atoms with Gasteiger partial charge in [0.25, 0.3) is 0 Å². The molecule has 0 aliphatic heterocycles. The largest absolute Gasteiger partial charge is 0.502 e. The van der Waals surface area contributed by atoms with Gasteiger partial charge in [-0.15, -0.1) is 0 Å². The molecule has 2 heterocycles. The van der Waals surface area contributed by atoms with E-state index in [0.29, 0.717) is 11.3 Å². The molecule has 162 valence electrons. The number of nitro benzene ring substituents is 1. The summed E-state index contributed by atoms with van der Waals surface area (Å²) < 4.78 is 11.8. The Balaban J connectivity index is 1.64. The Hall–Kier alpha value is -4.13. The van der Waals surface area contributed by atoms with Gasteiger partial charge in [0.1, 0.15) is 29.0 Å². The molecule has 0 spiro atoms. The van der Waals surface area contributed by atoms with E-state index in [1.807, 2.05) is 62.4 Å². The molecule has 2 aromatic heterocycles. The molecule has 4 aromatic rings. The van der Waals surface area contributed by atoms with Gasteiger partial charge in [0.05, 0.1) is 10.6 Å². The molecule has 7 nitrogen and oxygen atoms in total. The normalized spacial score (nSPS) is 11.5. The van der Waals surface area contributed by atoms with Crippen molar-refractivity contribution < 1.29 is 18.9 Å². The van der Waals surface area contributed by atoms with Gasteiger partial charge >= 0.3 is 5.69 Å². The van der Waals surface area contributed by atoms with E-state index < -0.39 is 10.7 Å². The zero-order chi connectivity index (χ0) is 22.8. The second-order valence-electron chi connectivity index (χ2n) is 7.66. The van der Waals surface area contributed by atoms with E-state index in [1.165, 1.54) is 12.3 Å². The SMILES string of the molecule is Cc1cc(C=Nc2ccc(C(c3ccc(C)o3)c3ccc(C)o3)cc2)c(O)c([N+](=O)[O-])c1. The maximum atomic E-state index is 11.1. The van der Waals surface area contributed by atoms with Crippen LogP contribution in [0.15, 0.2) is 74.5 Å². The summed E-state index contributed by atoms with van der Waals surface area (Å²) in [5.74, 6) is 2.61. The summed E-state index contributed by atoms with van der Waals surface area (Å²) in [6.07, 6.45) is 1.42. The number of phenols is 1. The summed E-state index contributed by atoms with van der Waals surface area (Å²) in [7, 11) is 0. The fourth-order valence-electron chi connectivity index (χ4n) is 3.61. The molecule has 1 N–H and O–H groups in total. The van der Waals surface area contributed by atoms with Gasteiger partial charge in [-0.1, -0.05) is 12.1 Å². The summed E-state index contributed by atoms with van der Waals surface area (Å²) in [5.41, 5.74) is 2.23. The number of hydrogen-bond acceptors (Lipinski definition) is 6. The number of aliphatic imine (C=N–C) groups is 1. The second-order valence-corrected chi connectivity index (χ2v) is 7.66. The Morgan fingerprint density at radius 2 is 1.53 bits per heavy atom. The third-order valence-electron chi connectivity index (χ3n) is 5.13. The van der Waals surface area contributed by atoms with Crippen LogP contribution in [-0.2, 0) is 0 Å². The predicted molar refractivity (Wildman–Crippen MR) is 121 cm³/mol. The monoisotopic (exact) mass is 430 g/mol. The van der Waals surface area contributed by atoms with E-state index in [2.05, 4.69) is 4.99 Å². The quantitative estimate of drug-likeness (QED) is 0.218. The number of aromatic hydroxyl groups is 1. The van der Waals surface area contributed by atoms with Crippen LogP contribution in [0.2, 0.25) is 0 Å². The summed E-state index contributed by atoms with van der Waals surface area (Å²) in [6, 6.07) is 18.3. The molecule has 0 aliphatic rings. The Morgan fingerprint density at radius 3 is 2.03 bits per heavy atom. The zero-order valence-electron chi connectivity index (χ0n) is 17.9. The molecule has 0 aliphatic carbocycles. The first-order valence-electron chi connectivity index (χ1n) is 10.1. The molecule has 0 unspecified atom stereocenters. The molecule has 0 saturated carbocycles. The van der Waals surface area contributed by atoms with E-state index in [9.17, 15) is 15.2 Å². The van der Waals surface area contributed by atoms with Crippen LogP contribution in [0.25, 0.3) is 0 Å². The van der Waals surface area contributed by atoms with Crippen LogP contribution < -0.4 is 0 Å². The first kappa shape index (κ1) is 21.1. The minimum atomic E-state index is -0.610. The molecule has 32 heavy (non-hydrogen) atoms. The lowest BCUT2D eigenvalue weighted by molar-refractivity contribution is -0.385. The molecule has 0 atom stereocenters. The van der Waals surface area contributed by atoms with E-state index >= 15 is 0 Å². The van der Waals surface area contributed by atoms with Crippen LogP contribution in [0, 0.1) is 30.9 Å². The van der Waals surface area contributed by atoms with E-state index in [-0.39, 0.29) is 17.2 Å². The molecule has 0 fully saturated rings. The average Bonchev–Trinajstić information content (AvgIpc) is 3.38. The molecule has 0 amide bonds. The molecule has 0 saturated heterocycles. The van der Waals surface area contributed by atoms with Gasteiger partial charge in [-0.25, -0.2) is 0 Å². The molecule has 7 heteroatoms. The maximum Gasteiger partial charge on any atom is 0.311 e. The first-order chi connectivity index (χ1) is 15.3. The molecule has 2 aromatic carbocycles. The van der Waals surface area contributed by atoms with E-state index in [0.717, 1.165) is 28.6 Å². The number of nitro groups is 1. The third-order valence-corrected chi connectivity index (χ3v) is 5.13. The lowest BCUT2D eigenvalue weighted by Crippen LogP contribution is -2.00. The fraction of sp³-hybridized carbons (Fsp3) is 0.160. The maximum absolute atomic E-state index is 11.1. The number of hydrogen-bond donors (Lipinski definition) is 1. The zero-order valence-corrected chi connectivity index (χ0v) is 17.9. The van der Waals surface area contributed by atoms with Crippen molar-refractivity contribution in [2.45, 2.75) is 26.7 Å². The Kier molecular flexibility index (Phi) is 5.64. The number of nitrogens with zero attached hydrogens (tertiary/aromatic N) is 2. The summed E-state index contributed by atoms with van der Waals surface area (Å²) in [6.45, 7) is 5.53. The van der Waals surface area contributed by atoms with Gasteiger partial charge in [-0.05, 0) is 74.4 Å². The molecular formula is C25H22N2O5. The minimum absolute atomic E-state index is 0.195. The van der Waals surface area contributed by atoms with Crippen LogP contribution in [0.3, 0.4) is 0 Å². The standard InChI is InChI=1S/C25H22N2O5/c1-15-12-19(25(28)21(13-15)27(29)30)14-26-20-8-6-18(7-9-20)24(22-10-4-16(2)31-22)23-11-5-17(3)32-23/h4-14,24,28H,1-3H3. The smallest absolute Gasteiger partial charge is 0.311 e. The van der Waals surface area contributed by atoms with Gasteiger partial charge in [0, 0.05) is 17.8 Å². The van der Waals surface area contributed by atoms with Crippen molar-refractivity contribution in [3.63, 3.8) is 0 Å². The number of benzene rings is 2. The Morgan fingerprint density at radius 1 is 0.938 bits per heavy atom. The van der Waals surface area contributed by atoms with Gasteiger partial charge in [0.2, 0.25) is 5.75 Å². The highest BCUT2D eigenvalue weighted by atomic mass is 16.6. The first-order valence-corrected chi connectivity index (χ1v) is 10.1. The summed E-state index contributed by atoms with van der Waals surface area (Å²) in [5, 5.41) is 21.3. The number of phenolic OH excluding ortho intramolecular Hbond substituents is 1. The topological polar surface area (TPSA) is 102 Å². The summed E-state index contributed by atoms with van der Waals surface area (Å²) >= 11 is 0. The molecular weight excluding hydrogens is 408 g/mol. The highest BCUT2D eigenvalue weighted by Crippen LogP contribution is 2.35. The van der Waals surface area contributed by atoms with Crippen molar-refractivity contribution in [3.05, 3.63) is 111 Å². The van der Waals surface area contributed by atoms with Crippen LogP contribution in [0.1, 0.15) is 45.6 Å². The van der Waals surface area contributed by atoms with Crippen molar-refractivity contribution in [1.82, 2.24) is 0 Å². The van der Waals surface area contributed by atoms with Crippen molar-refractivity contribution in [2.24, 2.45) is 4.99 Å². The van der Waals surface area contributed by atoms with Gasteiger partial charge < -0.3 is 13.9 Å². The van der Waals surface area contributed by atoms with Crippen LogP contribution in [0.4, 0.5) is 11.4 Å². The lowest BCUT2D eigenvalue weighted by Gasteiger charge is -2.13. The average molecular weight is 430 g/mol. The third kappa shape index (κ3) is 4.32. The summed E-state index contributed by atoms with van der Waals surface area (Å²) in [4.78, 5) is 14.9. The van der Waals surface area contributed by atoms with Crippen molar-refractivity contribution in [1.29, 1.82) is 0 Å². The van der Waals surface area contributed by atoms with Gasteiger partial charge in [-0.3, -0.25) is 15.1 Å². The Bertz CT molecular complexity index is 1260. The molecule has 0 radical (unpaired) electrons. The highest BCUT2D eigenvalue weighted by Gasteiger charge is 2.23. The molecule has 0 bridgehead atoms. The van der Waals surface area contributed by atoms with Gasteiger partial charge in [0.15, 0.2) is 0 Å². The van der Waals surface area contributed by atoms with Crippen molar-refractivity contribution in [3.8, 4) is 5.75 Å².